The van der Waals surface area contributed by atoms with E-state index in [4.69, 9.17) is 0 Å². The fraction of sp³-hybridized carbons (Fsp3) is 0.562. The van der Waals surface area contributed by atoms with Gasteiger partial charge in [0.05, 0.1) is 12.0 Å². The molecule has 1 fully saturated rings. The third kappa shape index (κ3) is 4.05. The molecule has 3 N–H and O–H groups in total. The highest BCUT2D eigenvalue weighted by Crippen LogP contribution is 2.29. The standard InChI is InChI=1S/C16H23NO3/c18-15(12-6-2-1-3-7-12)11-17-10-13-8-4-5-9-14(13)16(19)20/h1-3,6-7,13-15,17-18H,4-5,8-11H2,(H,19,20). The van der Waals surface area contributed by atoms with Crippen LogP contribution in [-0.2, 0) is 4.79 Å². The van der Waals surface area contributed by atoms with Crippen LogP contribution < -0.4 is 5.32 Å². The van der Waals surface area contributed by atoms with Gasteiger partial charge in [0.15, 0.2) is 0 Å². The monoisotopic (exact) mass is 277 g/mol. The molecule has 0 spiro atoms. The number of hydrogen-bond acceptors (Lipinski definition) is 3. The average molecular weight is 277 g/mol. The van der Waals surface area contributed by atoms with Gasteiger partial charge in [-0.15, -0.1) is 0 Å². The van der Waals surface area contributed by atoms with Crippen LogP contribution in [0.3, 0.4) is 0 Å². The molecule has 1 saturated carbocycles. The first-order valence-corrected chi connectivity index (χ1v) is 7.35. The molecule has 20 heavy (non-hydrogen) atoms. The predicted octanol–water partition coefficient (Wildman–Crippen LogP) is 2.20. The van der Waals surface area contributed by atoms with Gasteiger partial charge in [0.2, 0.25) is 0 Å². The van der Waals surface area contributed by atoms with Crippen LogP contribution >= 0.6 is 0 Å². The minimum atomic E-state index is -0.680. The number of aliphatic hydroxyl groups is 1. The lowest BCUT2D eigenvalue weighted by atomic mass is 9.79. The van der Waals surface area contributed by atoms with Gasteiger partial charge in [-0.3, -0.25) is 4.79 Å². The number of carbonyl (C=O) groups is 1. The molecule has 0 heterocycles. The van der Waals surface area contributed by atoms with Gasteiger partial charge in [-0.25, -0.2) is 0 Å². The summed E-state index contributed by atoms with van der Waals surface area (Å²) < 4.78 is 0. The van der Waals surface area contributed by atoms with Gasteiger partial charge >= 0.3 is 5.97 Å². The van der Waals surface area contributed by atoms with Crippen LogP contribution in [-0.4, -0.2) is 29.3 Å². The molecule has 4 nitrogen and oxygen atoms in total. The molecule has 110 valence electrons. The van der Waals surface area contributed by atoms with E-state index < -0.39 is 12.1 Å². The van der Waals surface area contributed by atoms with E-state index in [9.17, 15) is 15.0 Å². The van der Waals surface area contributed by atoms with E-state index in [0.29, 0.717) is 13.1 Å². The smallest absolute Gasteiger partial charge is 0.306 e. The summed E-state index contributed by atoms with van der Waals surface area (Å²) in [4.78, 5) is 11.2. The number of nitrogens with one attached hydrogen (secondary N) is 1. The van der Waals surface area contributed by atoms with Gasteiger partial charge in [-0.1, -0.05) is 43.2 Å². The fourth-order valence-corrected chi connectivity index (χ4v) is 2.98. The van der Waals surface area contributed by atoms with Crippen molar-refractivity contribution < 1.29 is 15.0 Å². The van der Waals surface area contributed by atoms with E-state index in [1.165, 1.54) is 0 Å². The van der Waals surface area contributed by atoms with Gasteiger partial charge in [-0.05, 0) is 30.9 Å². The van der Waals surface area contributed by atoms with Crippen molar-refractivity contribution in [2.45, 2.75) is 31.8 Å². The second-order valence-electron chi connectivity index (χ2n) is 5.57. The number of hydrogen-bond donors (Lipinski definition) is 3. The summed E-state index contributed by atoms with van der Waals surface area (Å²) in [6.45, 7) is 1.13. The molecule has 1 aromatic rings. The lowest BCUT2D eigenvalue weighted by Crippen LogP contribution is -2.36. The molecule has 3 unspecified atom stereocenters. The average Bonchev–Trinajstić information content (AvgIpc) is 2.48. The Balaban J connectivity index is 1.78. The van der Waals surface area contributed by atoms with Crippen LogP contribution in [0.15, 0.2) is 30.3 Å². The van der Waals surface area contributed by atoms with Gasteiger partial charge in [0, 0.05) is 6.54 Å². The molecule has 0 bridgehead atoms. The second kappa shape index (κ2) is 7.41. The summed E-state index contributed by atoms with van der Waals surface area (Å²) in [6.07, 6.45) is 3.33. The van der Waals surface area contributed by atoms with Crippen LogP contribution in [0.25, 0.3) is 0 Å². The normalized spacial score (nSPS) is 24.2. The van der Waals surface area contributed by atoms with Crippen molar-refractivity contribution in [3.8, 4) is 0 Å². The van der Waals surface area contributed by atoms with Crippen LogP contribution in [0.1, 0.15) is 37.4 Å². The number of benzene rings is 1. The van der Waals surface area contributed by atoms with E-state index in [0.717, 1.165) is 31.2 Å². The number of aliphatic hydroxyl groups excluding tert-OH is 1. The molecule has 0 radical (unpaired) electrons. The molecule has 2 rings (SSSR count). The second-order valence-corrected chi connectivity index (χ2v) is 5.57. The molecule has 0 aliphatic heterocycles. The molecule has 1 aliphatic rings. The lowest BCUT2D eigenvalue weighted by Gasteiger charge is -2.29. The van der Waals surface area contributed by atoms with E-state index in [1.54, 1.807) is 0 Å². The zero-order valence-corrected chi connectivity index (χ0v) is 11.7. The van der Waals surface area contributed by atoms with Gasteiger partial charge < -0.3 is 15.5 Å². The van der Waals surface area contributed by atoms with E-state index >= 15 is 0 Å². The molecule has 0 aromatic heterocycles. The third-order valence-electron chi connectivity index (χ3n) is 4.15. The number of aliphatic carboxylic acids is 1. The van der Waals surface area contributed by atoms with Crippen LogP contribution in [0.2, 0.25) is 0 Å². The molecule has 3 atom stereocenters. The highest BCUT2D eigenvalue weighted by molar-refractivity contribution is 5.70. The Hall–Kier alpha value is -1.39. The predicted molar refractivity (Wildman–Crippen MR) is 77.4 cm³/mol. The first-order valence-electron chi connectivity index (χ1n) is 7.35. The number of rotatable bonds is 6. The Morgan fingerprint density at radius 2 is 1.95 bits per heavy atom. The molecular weight excluding hydrogens is 254 g/mol. The van der Waals surface area contributed by atoms with Crippen molar-refractivity contribution in [3.05, 3.63) is 35.9 Å². The maximum Gasteiger partial charge on any atom is 0.306 e. The molecule has 1 aromatic carbocycles. The van der Waals surface area contributed by atoms with Crippen LogP contribution in [0.4, 0.5) is 0 Å². The summed E-state index contributed by atoms with van der Waals surface area (Å²) in [5.74, 6) is -0.727. The summed E-state index contributed by atoms with van der Waals surface area (Å²) in [6, 6.07) is 9.52. The summed E-state index contributed by atoms with van der Waals surface area (Å²) in [7, 11) is 0. The Labute approximate surface area is 119 Å². The largest absolute Gasteiger partial charge is 0.481 e. The minimum Gasteiger partial charge on any atom is -0.481 e. The highest BCUT2D eigenvalue weighted by Gasteiger charge is 2.30. The van der Waals surface area contributed by atoms with E-state index in [2.05, 4.69) is 5.32 Å². The maximum absolute atomic E-state index is 11.2. The van der Waals surface area contributed by atoms with Crippen molar-refractivity contribution in [2.24, 2.45) is 11.8 Å². The quantitative estimate of drug-likeness (QED) is 0.745. The molecule has 4 heteroatoms. The Kier molecular flexibility index (Phi) is 5.56. The zero-order chi connectivity index (χ0) is 14.4. The van der Waals surface area contributed by atoms with Gasteiger partial charge in [-0.2, -0.15) is 0 Å². The Morgan fingerprint density at radius 3 is 2.65 bits per heavy atom. The molecule has 1 aliphatic carbocycles. The van der Waals surface area contributed by atoms with Crippen LogP contribution in [0.5, 0.6) is 0 Å². The Bertz CT molecular complexity index is 421. The van der Waals surface area contributed by atoms with Crippen molar-refractivity contribution in [1.82, 2.24) is 5.32 Å². The molecular formula is C16H23NO3. The van der Waals surface area contributed by atoms with Gasteiger partial charge in [0.25, 0.3) is 0 Å². The van der Waals surface area contributed by atoms with Crippen molar-refractivity contribution in [2.75, 3.05) is 13.1 Å². The molecule has 0 amide bonds. The third-order valence-corrected chi connectivity index (χ3v) is 4.15. The molecule has 0 saturated heterocycles. The van der Waals surface area contributed by atoms with E-state index in [-0.39, 0.29) is 11.8 Å². The highest BCUT2D eigenvalue weighted by atomic mass is 16.4. The summed E-state index contributed by atoms with van der Waals surface area (Å²) >= 11 is 0. The van der Waals surface area contributed by atoms with Crippen molar-refractivity contribution in [1.29, 1.82) is 0 Å². The fourth-order valence-electron chi connectivity index (χ4n) is 2.98. The van der Waals surface area contributed by atoms with Gasteiger partial charge in [0.1, 0.15) is 0 Å². The van der Waals surface area contributed by atoms with Crippen LogP contribution in [0, 0.1) is 11.8 Å². The first-order chi connectivity index (χ1) is 9.68. The Morgan fingerprint density at radius 1 is 1.25 bits per heavy atom. The summed E-state index contributed by atoms with van der Waals surface area (Å²) in [5.41, 5.74) is 0.887. The maximum atomic E-state index is 11.2. The van der Waals surface area contributed by atoms with Crippen molar-refractivity contribution in [3.63, 3.8) is 0 Å². The SMILES string of the molecule is O=C(O)C1CCCCC1CNCC(O)c1ccccc1. The van der Waals surface area contributed by atoms with E-state index in [1.807, 2.05) is 30.3 Å². The van der Waals surface area contributed by atoms with Crippen molar-refractivity contribution >= 4 is 5.97 Å². The zero-order valence-electron chi connectivity index (χ0n) is 11.7. The topological polar surface area (TPSA) is 69.6 Å². The number of carboxylic acid groups (broad SMARTS) is 1. The summed E-state index contributed by atoms with van der Waals surface area (Å²) in [5, 5.41) is 22.5. The minimum absolute atomic E-state index is 0.184. The lowest BCUT2D eigenvalue weighted by molar-refractivity contribution is -0.144. The number of carboxylic acids is 1. The first kappa shape index (κ1) is 15.0.